The second-order valence-corrected chi connectivity index (χ2v) is 5.18. The van der Waals surface area contributed by atoms with E-state index in [1.165, 1.54) is 12.5 Å². The molecular formula is C16H10F2N6O. The predicted octanol–water partition coefficient (Wildman–Crippen LogP) is 2.65. The number of H-pyrrole nitrogens is 1. The van der Waals surface area contributed by atoms with Crippen LogP contribution in [0, 0.1) is 11.6 Å². The van der Waals surface area contributed by atoms with E-state index in [-0.39, 0.29) is 11.4 Å². The van der Waals surface area contributed by atoms with E-state index in [4.69, 9.17) is 0 Å². The number of benzene rings is 1. The number of carbonyl (C=O) groups is 1. The average molecular weight is 340 g/mol. The number of pyridine rings is 1. The Hall–Kier alpha value is -3.62. The number of fused-ring (bicyclic) bond motifs is 1. The van der Waals surface area contributed by atoms with E-state index >= 15 is 0 Å². The highest BCUT2D eigenvalue weighted by Crippen LogP contribution is 2.19. The van der Waals surface area contributed by atoms with Crippen LogP contribution in [0.25, 0.3) is 17.2 Å². The number of imidazole rings is 1. The Morgan fingerprint density at radius 3 is 2.88 bits per heavy atom. The zero-order valence-electron chi connectivity index (χ0n) is 12.6. The first-order valence-electron chi connectivity index (χ1n) is 7.22. The number of aromatic nitrogens is 5. The standard InChI is InChI=1S/C16H10F2N6O/c17-9-4-5-10(18)11(6-9)22-16(25)12-7-24-13(15-19-8-20-23-15)2-1-3-14(24)21-12/h1-8H,(H,22,25)(H,19,20,23). The van der Waals surface area contributed by atoms with Crippen molar-refractivity contribution in [3.63, 3.8) is 0 Å². The van der Waals surface area contributed by atoms with Crippen molar-refractivity contribution in [2.45, 2.75) is 0 Å². The van der Waals surface area contributed by atoms with Gasteiger partial charge in [-0.25, -0.2) is 18.7 Å². The molecule has 3 aromatic heterocycles. The topological polar surface area (TPSA) is 88.0 Å². The first kappa shape index (κ1) is 14.9. The van der Waals surface area contributed by atoms with Crippen LogP contribution in [0.15, 0.2) is 48.9 Å². The molecular weight excluding hydrogens is 330 g/mol. The molecule has 0 fully saturated rings. The number of hydrogen-bond acceptors (Lipinski definition) is 4. The molecule has 0 aliphatic rings. The summed E-state index contributed by atoms with van der Waals surface area (Å²) in [6.07, 6.45) is 2.85. The quantitative estimate of drug-likeness (QED) is 0.600. The summed E-state index contributed by atoms with van der Waals surface area (Å²) in [5.74, 6) is -1.54. The van der Waals surface area contributed by atoms with Crippen molar-refractivity contribution in [3.05, 3.63) is 66.3 Å². The van der Waals surface area contributed by atoms with Crippen molar-refractivity contribution >= 4 is 17.2 Å². The van der Waals surface area contributed by atoms with Crippen LogP contribution in [-0.2, 0) is 0 Å². The third-order valence-electron chi connectivity index (χ3n) is 3.56. The number of amides is 1. The predicted molar refractivity (Wildman–Crippen MR) is 84.9 cm³/mol. The van der Waals surface area contributed by atoms with Crippen LogP contribution in [0.2, 0.25) is 0 Å². The Bertz CT molecular complexity index is 1070. The van der Waals surface area contributed by atoms with Crippen molar-refractivity contribution in [2.75, 3.05) is 5.32 Å². The lowest BCUT2D eigenvalue weighted by Crippen LogP contribution is -2.13. The Morgan fingerprint density at radius 1 is 1.20 bits per heavy atom. The highest BCUT2D eigenvalue weighted by Gasteiger charge is 2.16. The summed E-state index contributed by atoms with van der Waals surface area (Å²) in [5.41, 5.74) is 0.949. The van der Waals surface area contributed by atoms with Crippen LogP contribution in [0.5, 0.6) is 0 Å². The van der Waals surface area contributed by atoms with E-state index in [2.05, 4.69) is 25.5 Å². The first-order chi connectivity index (χ1) is 12.1. The van der Waals surface area contributed by atoms with Crippen LogP contribution in [0.1, 0.15) is 10.5 Å². The Labute approximate surface area is 139 Å². The monoisotopic (exact) mass is 340 g/mol. The molecule has 0 aliphatic carbocycles. The van der Waals surface area contributed by atoms with E-state index < -0.39 is 17.5 Å². The summed E-state index contributed by atoms with van der Waals surface area (Å²) < 4.78 is 28.5. The fourth-order valence-corrected chi connectivity index (χ4v) is 2.42. The van der Waals surface area contributed by atoms with Crippen molar-refractivity contribution in [3.8, 4) is 11.5 Å². The second kappa shape index (κ2) is 5.78. The van der Waals surface area contributed by atoms with Crippen molar-refractivity contribution < 1.29 is 13.6 Å². The minimum absolute atomic E-state index is 0.0515. The van der Waals surface area contributed by atoms with Gasteiger partial charge in [-0.2, -0.15) is 5.10 Å². The maximum absolute atomic E-state index is 13.7. The third kappa shape index (κ3) is 2.71. The molecule has 3 heterocycles. The molecule has 4 aromatic rings. The molecule has 0 unspecified atom stereocenters. The molecule has 0 saturated carbocycles. The number of rotatable bonds is 3. The Morgan fingerprint density at radius 2 is 2.08 bits per heavy atom. The lowest BCUT2D eigenvalue weighted by atomic mass is 10.3. The van der Waals surface area contributed by atoms with Crippen LogP contribution in [0.4, 0.5) is 14.5 Å². The highest BCUT2D eigenvalue weighted by atomic mass is 19.1. The van der Waals surface area contributed by atoms with E-state index in [1.54, 1.807) is 22.6 Å². The van der Waals surface area contributed by atoms with Gasteiger partial charge in [0.05, 0.1) is 11.4 Å². The molecule has 0 atom stereocenters. The Kier molecular flexibility index (Phi) is 3.46. The van der Waals surface area contributed by atoms with Gasteiger partial charge in [-0.3, -0.25) is 14.3 Å². The number of hydrogen-bond donors (Lipinski definition) is 2. The summed E-state index contributed by atoms with van der Waals surface area (Å²) in [4.78, 5) is 20.6. The lowest BCUT2D eigenvalue weighted by Gasteiger charge is -2.04. The molecule has 7 nitrogen and oxygen atoms in total. The van der Waals surface area contributed by atoms with Crippen molar-refractivity contribution in [2.24, 2.45) is 0 Å². The molecule has 0 bridgehead atoms. The lowest BCUT2D eigenvalue weighted by molar-refractivity contribution is 0.102. The third-order valence-corrected chi connectivity index (χ3v) is 3.56. The number of anilines is 1. The molecule has 0 saturated heterocycles. The minimum Gasteiger partial charge on any atom is -0.318 e. The van der Waals surface area contributed by atoms with E-state index in [1.807, 2.05) is 0 Å². The summed E-state index contributed by atoms with van der Waals surface area (Å²) in [6, 6.07) is 8.07. The van der Waals surface area contributed by atoms with Crippen LogP contribution in [-0.4, -0.2) is 30.5 Å². The normalized spacial score (nSPS) is 11.0. The zero-order chi connectivity index (χ0) is 17.4. The van der Waals surface area contributed by atoms with Crippen LogP contribution in [0.3, 0.4) is 0 Å². The zero-order valence-corrected chi connectivity index (χ0v) is 12.6. The van der Waals surface area contributed by atoms with Crippen molar-refractivity contribution in [1.29, 1.82) is 0 Å². The summed E-state index contributed by atoms with van der Waals surface area (Å²) >= 11 is 0. The summed E-state index contributed by atoms with van der Waals surface area (Å²) in [7, 11) is 0. The molecule has 25 heavy (non-hydrogen) atoms. The maximum Gasteiger partial charge on any atom is 0.275 e. The fraction of sp³-hybridized carbons (Fsp3) is 0. The molecule has 1 aromatic carbocycles. The molecule has 9 heteroatoms. The first-order valence-corrected chi connectivity index (χ1v) is 7.22. The number of halogens is 2. The fourth-order valence-electron chi connectivity index (χ4n) is 2.42. The molecule has 2 N–H and O–H groups in total. The smallest absolute Gasteiger partial charge is 0.275 e. The summed E-state index contributed by atoms with van der Waals surface area (Å²) in [5, 5.41) is 8.85. The molecule has 1 amide bonds. The highest BCUT2D eigenvalue weighted by molar-refractivity contribution is 6.03. The van der Waals surface area contributed by atoms with E-state index in [0.29, 0.717) is 17.2 Å². The number of aromatic amines is 1. The van der Waals surface area contributed by atoms with Gasteiger partial charge in [0.25, 0.3) is 5.91 Å². The van der Waals surface area contributed by atoms with Crippen molar-refractivity contribution in [1.82, 2.24) is 24.6 Å². The molecule has 0 aliphatic heterocycles. The molecule has 0 spiro atoms. The molecule has 4 rings (SSSR count). The average Bonchev–Trinajstić information content (AvgIpc) is 3.26. The maximum atomic E-state index is 13.7. The van der Waals surface area contributed by atoms with Crippen LogP contribution < -0.4 is 5.32 Å². The van der Waals surface area contributed by atoms with E-state index in [9.17, 15) is 13.6 Å². The second-order valence-electron chi connectivity index (χ2n) is 5.18. The van der Waals surface area contributed by atoms with Gasteiger partial charge < -0.3 is 5.32 Å². The molecule has 0 radical (unpaired) electrons. The van der Waals surface area contributed by atoms with Gasteiger partial charge in [0.1, 0.15) is 29.3 Å². The van der Waals surface area contributed by atoms with Gasteiger partial charge in [0, 0.05) is 12.3 Å². The minimum atomic E-state index is -0.735. The van der Waals surface area contributed by atoms with Gasteiger partial charge in [-0.15, -0.1) is 0 Å². The largest absolute Gasteiger partial charge is 0.318 e. The number of carbonyl (C=O) groups excluding carboxylic acids is 1. The van der Waals surface area contributed by atoms with Gasteiger partial charge in [-0.05, 0) is 24.3 Å². The Balaban J connectivity index is 1.71. The summed E-state index contributed by atoms with van der Waals surface area (Å²) in [6.45, 7) is 0. The SMILES string of the molecule is O=C(Nc1cc(F)ccc1F)c1cn2c(-c3ncn[nH]3)cccc2n1. The van der Waals surface area contributed by atoms with Gasteiger partial charge in [0.2, 0.25) is 0 Å². The van der Waals surface area contributed by atoms with Gasteiger partial charge >= 0.3 is 0 Å². The molecule has 124 valence electrons. The number of nitrogens with one attached hydrogen (secondary N) is 2. The number of nitrogens with zero attached hydrogens (tertiary/aromatic N) is 4. The van der Waals surface area contributed by atoms with Gasteiger partial charge in [-0.1, -0.05) is 6.07 Å². The van der Waals surface area contributed by atoms with E-state index in [0.717, 1.165) is 18.2 Å². The van der Waals surface area contributed by atoms with Gasteiger partial charge in [0.15, 0.2) is 5.82 Å². The van der Waals surface area contributed by atoms with Crippen LogP contribution >= 0.6 is 0 Å².